The zero-order valence-corrected chi connectivity index (χ0v) is 11.8. The maximum atomic E-state index is 4.22. The molecule has 0 fully saturated rings. The smallest absolute Gasteiger partial charge is 0.0643 e. The quantitative estimate of drug-likeness (QED) is 0.865. The maximum absolute atomic E-state index is 4.22. The standard InChI is InChI=1S/C15H21N3/c1-9-6-10(2)15(11(3)7-9)16-8-14-12(4)17-18-13(14)5/h6-7,16H,8H2,1-5H3,(H,17,18). The molecule has 2 rings (SSSR count). The second-order valence-electron chi connectivity index (χ2n) is 5.04. The number of rotatable bonds is 3. The van der Waals surface area contributed by atoms with E-state index in [2.05, 4.69) is 55.3 Å². The molecule has 0 spiro atoms. The van der Waals surface area contributed by atoms with Gasteiger partial charge in [0, 0.05) is 23.5 Å². The molecule has 0 saturated carbocycles. The number of hydrogen-bond acceptors (Lipinski definition) is 2. The highest BCUT2D eigenvalue weighted by Crippen LogP contribution is 2.23. The molecule has 0 unspecified atom stereocenters. The summed E-state index contributed by atoms with van der Waals surface area (Å²) in [7, 11) is 0. The first-order valence-electron chi connectivity index (χ1n) is 6.31. The first-order valence-corrected chi connectivity index (χ1v) is 6.31. The predicted molar refractivity (Wildman–Crippen MR) is 76.0 cm³/mol. The topological polar surface area (TPSA) is 40.7 Å². The van der Waals surface area contributed by atoms with Crippen LogP contribution in [-0.2, 0) is 6.54 Å². The van der Waals surface area contributed by atoms with Crippen LogP contribution in [-0.4, -0.2) is 10.2 Å². The molecule has 3 heteroatoms. The van der Waals surface area contributed by atoms with Crippen LogP contribution in [0.1, 0.15) is 33.6 Å². The molecule has 3 nitrogen and oxygen atoms in total. The van der Waals surface area contributed by atoms with Crippen molar-refractivity contribution in [2.24, 2.45) is 0 Å². The van der Waals surface area contributed by atoms with Gasteiger partial charge in [-0.25, -0.2) is 0 Å². The number of nitrogens with one attached hydrogen (secondary N) is 2. The largest absolute Gasteiger partial charge is 0.380 e. The molecule has 0 bridgehead atoms. The van der Waals surface area contributed by atoms with Gasteiger partial charge in [0.15, 0.2) is 0 Å². The summed E-state index contributed by atoms with van der Waals surface area (Å²) in [5, 5.41) is 10.8. The molecule has 0 aliphatic rings. The van der Waals surface area contributed by atoms with Gasteiger partial charge in [0.25, 0.3) is 0 Å². The maximum Gasteiger partial charge on any atom is 0.0643 e. The molecule has 1 aromatic heterocycles. The van der Waals surface area contributed by atoms with Crippen LogP contribution in [0.2, 0.25) is 0 Å². The minimum Gasteiger partial charge on any atom is -0.380 e. The Balaban J connectivity index is 2.21. The number of benzene rings is 1. The van der Waals surface area contributed by atoms with E-state index in [1.165, 1.54) is 27.9 Å². The molecule has 1 aromatic carbocycles. The first kappa shape index (κ1) is 12.7. The molecular weight excluding hydrogens is 222 g/mol. The Labute approximate surface area is 109 Å². The van der Waals surface area contributed by atoms with Crippen LogP contribution in [0.5, 0.6) is 0 Å². The van der Waals surface area contributed by atoms with Crippen molar-refractivity contribution in [2.75, 3.05) is 5.32 Å². The summed E-state index contributed by atoms with van der Waals surface area (Å²) < 4.78 is 0. The lowest BCUT2D eigenvalue weighted by Crippen LogP contribution is -2.04. The van der Waals surface area contributed by atoms with Gasteiger partial charge in [0.05, 0.1) is 5.69 Å². The minimum absolute atomic E-state index is 0.818. The number of aromatic nitrogens is 2. The number of aryl methyl sites for hydroxylation is 5. The molecule has 2 aromatic rings. The summed E-state index contributed by atoms with van der Waals surface area (Å²) in [6.07, 6.45) is 0. The highest BCUT2D eigenvalue weighted by molar-refractivity contribution is 5.58. The average molecular weight is 243 g/mol. The summed E-state index contributed by atoms with van der Waals surface area (Å²) >= 11 is 0. The fourth-order valence-electron chi connectivity index (χ4n) is 2.47. The van der Waals surface area contributed by atoms with Crippen molar-refractivity contribution in [1.82, 2.24) is 10.2 Å². The average Bonchev–Trinajstić information content (AvgIpc) is 2.58. The van der Waals surface area contributed by atoms with Crippen LogP contribution < -0.4 is 5.32 Å². The summed E-state index contributed by atoms with van der Waals surface area (Å²) in [5.41, 5.74) is 8.61. The second kappa shape index (κ2) is 4.84. The van der Waals surface area contributed by atoms with Gasteiger partial charge in [0.2, 0.25) is 0 Å². The van der Waals surface area contributed by atoms with Crippen molar-refractivity contribution >= 4 is 5.69 Å². The molecule has 1 heterocycles. The lowest BCUT2D eigenvalue weighted by Gasteiger charge is -2.14. The SMILES string of the molecule is Cc1cc(C)c(NCc2c(C)n[nH]c2C)c(C)c1. The fourth-order valence-corrected chi connectivity index (χ4v) is 2.47. The fraction of sp³-hybridized carbons (Fsp3) is 0.400. The van der Waals surface area contributed by atoms with Crippen molar-refractivity contribution in [3.63, 3.8) is 0 Å². The van der Waals surface area contributed by atoms with E-state index in [4.69, 9.17) is 0 Å². The summed E-state index contributed by atoms with van der Waals surface area (Å²) in [4.78, 5) is 0. The molecule has 0 atom stereocenters. The predicted octanol–water partition coefficient (Wildman–Crippen LogP) is 3.56. The second-order valence-corrected chi connectivity index (χ2v) is 5.04. The molecule has 96 valence electrons. The van der Waals surface area contributed by atoms with Crippen molar-refractivity contribution in [2.45, 2.75) is 41.2 Å². The third-order valence-corrected chi connectivity index (χ3v) is 3.40. The summed E-state index contributed by atoms with van der Waals surface area (Å²) in [5.74, 6) is 0. The zero-order chi connectivity index (χ0) is 13.3. The molecule has 2 N–H and O–H groups in total. The third kappa shape index (κ3) is 2.40. The molecule has 0 aliphatic heterocycles. The Morgan fingerprint density at radius 1 is 1.06 bits per heavy atom. The Kier molecular flexibility index (Phi) is 3.41. The zero-order valence-electron chi connectivity index (χ0n) is 11.8. The number of anilines is 1. The third-order valence-electron chi connectivity index (χ3n) is 3.40. The summed E-state index contributed by atoms with van der Waals surface area (Å²) in [6, 6.07) is 4.43. The van der Waals surface area contributed by atoms with E-state index < -0.39 is 0 Å². The van der Waals surface area contributed by atoms with Gasteiger partial charge in [-0.3, -0.25) is 5.10 Å². The Morgan fingerprint density at radius 3 is 2.17 bits per heavy atom. The lowest BCUT2D eigenvalue weighted by atomic mass is 10.0. The van der Waals surface area contributed by atoms with Crippen LogP contribution >= 0.6 is 0 Å². The van der Waals surface area contributed by atoms with Crippen LogP contribution in [0.15, 0.2) is 12.1 Å². The molecular formula is C15H21N3. The van der Waals surface area contributed by atoms with Crippen molar-refractivity contribution in [3.8, 4) is 0 Å². The van der Waals surface area contributed by atoms with Crippen LogP contribution in [0.25, 0.3) is 0 Å². The molecule has 0 saturated heterocycles. The van der Waals surface area contributed by atoms with E-state index in [0.717, 1.165) is 17.9 Å². The van der Waals surface area contributed by atoms with Crippen molar-refractivity contribution < 1.29 is 0 Å². The van der Waals surface area contributed by atoms with E-state index in [1.54, 1.807) is 0 Å². The number of H-pyrrole nitrogens is 1. The van der Waals surface area contributed by atoms with Crippen LogP contribution in [0.3, 0.4) is 0 Å². The van der Waals surface area contributed by atoms with E-state index in [1.807, 2.05) is 6.92 Å². The monoisotopic (exact) mass is 243 g/mol. The molecule has 0 amide bonds. The lowest BCUT2D eigenvalue weighted by molar-refractivity contribution is 1.02. The number of hydrogen-bond donors (Lipinski definition) is 2. The number of aromatic amines is 1. The van der Waals surface area contributed by atoms with Crippen molar-refractivity contribution in [3.05, 3.63) is 45.8 Å². The molecule has 0 radical (unpaired) electrons. The Hall–Kier alpha value is -1.77. The van der Waals surface area contributed by atoms with E-state index in [9.17, 15) is 0 Å². The van der Waals surface area contributed by atoms with E-state index >= 15 is 0 Å². The van der Waals surface area contributed by atoms with E-state index in [0.29, 0.717) is 0 Å². The highest BCUT2D eigenvalue weighted by atomic mass is 15.1. The van der Waals surface area contributed by atoms with Gasteiger partial charge >= 0.3 is 0 Å². The Morgan fingerprint density at radius 2 is 1.67 bits per heavy atom. The van der Waals surface area contributed by atoms with Gasteiger partial charge in [-0.15, -0.1) is 0 Å². The van der Waals surface area contributed by atoms with Gasteiger partial charge in [-0.1, -0.05) is 17.7 Å². The summed E-state index contributed by atoms with van der Waals surface area (Å²) in [6.45, 7) is 11.4. The van der Waals surface area contributed by atoms with Gasteiger partial charge in [-0.2, -0.15) is 5.10 Å². The van der Waals surface area contributed by atoms with Gasteiger partial charge < -0.3 is 5.32 Å². The molecule has 0 aliphatic carbocycles. The number of nitrogens with zero attached hydrogens (tertiary/aromatic N) is 1. The van der Waals surface area contributed by atoms with E-state index in [-0.39, 0.29) is 0 Å². The normalized spacial score (nSPS) is 10.7. The first-order chi connectivity index (χ1) is 8.49. The van der Waals surface area contributed by atoms with Crippen LogP contribution in [0, 0.1) is 34.6 Å². The van der Waals surface area contributed by atoms with Gasteiger partial charge in [0.1, 0.15) is 0 Å². The Bertz CT molecular complexity index is 525. The van der Waals surface area contributed by atoms with Crippen LogP contribution in [0.4, 0.5) is 5.69 Å². The van der Waals surface area contributed by atoms with Gasteiger partial charge in [-0.05, 0) is 45.7 Å². The minimum atomic E-state index is 0.818. The van der Waals surface area contributed by atoms with Crippen molar-refractivity contribution in [1.29, 1.82) is 0 Å². The highest BCUT2D eigenvalue weighted by Gasteiger charge is 2.08. The molecule has 18 heavy (non-hydrogen) atoms.